The van der Waals surface area contributed by atoms with Gasteiger partial charge in [-0.15, -0.1) is 0 Å². The Bertz CT molecular complexity index is 493. The maximum absolute atomic E-state index is 6.35. The topological polar surface area (TPSA) is 38.9 Å². The molecule has 1 aliphatic carbocycles. The van der Waals surface area contributed by atoms with Gasteiger partial charge in [0, 0.05) is 23.9 Å². The Kier molecular flexibility index (Phi) is 2.95. The molecule has 0 spiro atoms. The first-order valence-electron chi connectivity index (χ1n) is 6.05. The maximum Gasteiger partial charge on any atom is 0.0482 e. The van der Waals surface area contributed by atoms with Gasteiger partial charge in [0.15, 0.2) is 0 Å². The molecule has 0 radical (unpaired) electrons. The second kappa shape index (κ2) is 4.59. The summed E-state index contributed by atoms with van der Waals surface area (Å²) in [5, 5.41) is 4.30. The Morgan fingerprint density at radius 3 is 3.24 bits per heavy atom. The maximum atomic E-state index is 6.35. The third kappa shape index (κ3) is 2.13. The average Bonchev–Trinajstić information content (AvgIpc) is 2.96. The van der Waals surface area contributed by atoms with Crippen LogP contribution < -0.4 is 5.73 Å². The molecule has 88 valence electrons. The lowest BCUT2D eigenvalue weighted by molar-refractivity contribution is 0.517. The van der Waals surface area contributed by atoms with Crippen molar-refractivity contribution in [2.45, 2.75) is 31.2 Å². The van der Waals surface area contributed by atoms with Crippen molar-refractivity contribution in [2.24, 2.45) is 5.73 Å². The molecule has 2 nitrogen and oxygen atoms in total. The van der Waals surface area contributed by atoms with Crippen molar-refractivity contribution in [1.29, 1.82) is 0 Å². The zero-order chi connectivity index (χ0) is 11.7. The molecule has 2 aromatic heterocycles. The first-order chi connectivity index (χ1) is 8.34. The molecule has 2 unspecified atom stereocenters. The SMILES string of the molecule is NC(Cc1ccsc1)C1CCc2cccnc21. The number of aryl methyl sites for hydroxylation is 1. The van der Waals surface area contributed by atoms with Crippen molar-refractivity contribution in [1.82, 2.24) is 4.98 Å². The Morgan fingerprint density at radius 1 is 1.47 bits per heavy atom. The number of aromatic nitrogens is 1. The highest BCUT2D eigenvalue weighted by molar-refractivity contribution is 7.07. The molecule has 2 atom stereocenters. The van der Waals surface area contributed by atoms with Gasteiger partial charge in [-0.2, -0.15) is 11.3 Å². The molecule has 17 heavy (non-hydrogen) atoms. The van der Waals surface area contributed by atoms with Gasteiger partial charge in [-0.25, -0.2) is 0 Å². The zero-order valence-electron chi connectivity index (χ0n) is 9.67. The van der Waals surface area contributed by atoms with Crippen LogP contribution in [0, 0.1) is 0 Å². The minimum atomic E-state index is 0.195. The van der Waals surface area contributed by atoms with Gasteiger partial charge in [0.25, 0.3) is 0 Å². The summed E-state index contributed by atoms with van der Waals surface area (Å²) in [7, 11) is 0. The first kappa shape index (κ1) is 10.9. The number of thiophene rings is 1. The normalized spacial score (nSPS) is 20.2. The molecule has 0 fully saturated rings. The second-order valence-electron chi connectivity index (χ2n) is 4.69. The van der Waals surface area contributed by atoms with Crippen LogP contribution in [0.1, 0.15) is 29.2 Å². The van der Waals surface area contributed by atoms with E-state index in [0.29, 0.717) is 5.92 Å². The van der Waals surface area contributed by atoms with Crippen LogP contribution in [-0.2, 0) is 12.8 Å². The lowest BCUT2D eigenvalue weighted by Crippen LogP contribution is -2.29. The van der Waals surface area contributed by atoms with E-state index >= 15 is 0 Å². The Labute approximate surface area is 106 Å². The van der Waals surface area contributed by atoms with Crippen LogP contribution in [0.3, 0.4) is 0 Å². The van der Waals surface area contributed by atoms with E-state index in [1.165, 1.54) is 16.8 Å². The standard InChI is InChI=1S/C14H16N2S/c15-13(8-10-5-7-17-9-10)12-4-3-11-2-1-6-16-14(11)12/h1-2,5-7,9,12-13H,3-4,8,15H2. The molecule has 0 aliphatic heterocycles. The summed E-state index contributed by atoms with van der Waals surface area (Å²) in [5.74, 6) is 0.436. The summed E-state index contributed by atoms with van der Waals surface area (Å²) in [6, 6.07) is 6.56. The minimum Gasteiger partial charge on any atom is -0.327 e. The third-order valence-electron chi connectivity index (χ3n) is 3.57. The molecular formula is C14H16N2S. The predicted octanol–water partition coefficient (Wildman–Crippen LogP) is 2.74. The Hall–Kier alpha value is -1.19. The first-order valence-corrected chi connectivity index (χ1v) is 6.99. The van der Waals surface area contributed by atoms with Gasteiger partial charge >= 0.3 is 0 Å². The molecule has 0 bridgehead atoms. The van der Waals surface area contributed by atoms with Gasteiger partial charge in [-0.3, -0.25) is 4.98 Å². The van der Waals surface area contributed by atoms with Crippen LogP contribution in [0.4, 0.5) is 0 Å². The van der Waals surface area contributed by atoms with Crippen LogP contribution in [-0.4, -0.2) is 11.0 Å². The van der Waals surface area contributed by atoms with Crippen molar-refractivity contribution in [2.75, 3.05) is 0 Å². The van der Waals surface area contributed by atoms with Gasteiger partial charge in [0.2, 0.25) is 0 Å². The van der Waals surface area contributed by atoms with E-state index in [0.717, 1.165) is 19.3 Å². The van der Waals surface area contributed by atoms with E-state index in [-0.39, 0.29) is 6.04 Å². The summed E-state index contributed by atoms with van der Waals surface area (Å²) in [6.45, 7) is 0. The molecule has 0 saturated carbocycles. The van der Waals surface area contributed by atoms with Crippen LogP contribution in [0.15, 0.2) is 35.2 Å². The van der Waals surface area contributed by atoms with Crippen LogP contribution in [0.25, 0.3) is 0 Å². The van der Waals surface area contributed by atoms with Crippen LogP contribution in [0.2, 0.25) is 0 Å². The quantitative estimate of drug-likeness (QED) is 0.901. The predicted molar refractivity (Wildman–Crippen MR) is 71.3 cm³/mol. The Morgan fingerprint density at radius 2 is 2.41 bits per heavy atom. The van der Waals surface area contributed by atoms with Gasteiger partial charge < -0.3 is 5.73 Å². The molecule has 0 saturated heterocycles. The van der Waals surface area contributed by atoms with Gasteiger partial charge in [0.1, 0.15) is 0 Å². The number of rotatable bonds is 3. The average molecular weight is 244 g/mol. The molecule has 2 N–H and O–H groups in total. The molecular weight excluding hydrogens is 228 g/mol. The number of hydrogen-bond donors (Lipinski definition) is 1. The fourth-order valence-electron chi connectivity index (χ4n) is 2.68. The van der Waals surface area contributed by atoms with Crippen molar-refractivity contribution in [3.05, 3.63) is 52.0 Å². The molecule has 2 aromatic rings. The lowest BCUT2D eigenvalue weighted by atomic mass is 9.93. The number of fused-ring (bicyclic) bond motifs is 1. The summed E-state index contributed by atoms with van der Waals surface area (Å²) in [5.41, 5.74) is 10.3. The third-order valence-corrected chi connectivity index (χ3v) is 4.30. The monoisotopic (exact) mass is 244 g/mol. The molecule has 0 aromatic carbocycles. The van der Waals surface area contributed by atoms with Crippen molar-refractivity contribution < 1.29 is 0 Å². The summed E-state index contributed by atoms with van der Waals surface area (Å²) < 4.78 is 0. The van der Waals surface area contributed by atoms with E-state index in [1.54, 1.807) is 11.3 Å². The summed E-state index contributed by atoms with van der Waals surface area (Å²) in [4.78, 5) is 4.51. The molecule has 3 heteroatoms. The molecule has 1 aliphatic rings. The second-order valence-corrected chi connectivity index (χ2v) is 5.47. The van der Waals surface area contributed by atoms with E-state index in [2.05, 4.69) is 27.9 Å². The fourth-order valence-corrected chi connectivity index (χ4v) is 3.37. The van der Waals surface area contributed by atoms with E-state index < -0.39 is 0 Å². The summed E-state index contributed by atoms with van der Waals surface area (Å²) in [6.07, 6.45) is 5.13. The van der Waals surface area contributed by atoms with Gasteiger partial charge in [-0.1, -0.05) is 6.07 Å². The van der Waals surface area contributed by atoms with Crippen LogP contribution >= 0.6 is 11.3 Å². The highest BCUT2D eigenvalue weighted by Crippen LogP contribution is 2.34. The van der Waals surface area contributed by atoms with Crippen molar-refractivity contribution in [3.8, 4) is 0 Å². The largest absolute Gasteiger partial charge is 0.327 e. The molecule has 2 heterocycles. The number of nitrogens with two attached hydrogens (primary N) is 1. The minimum absolute atomic E-state index is 0.195. The van der Waals surface area contributed by atoms with Gasteiger partial charge in [-0.05, 0) is 53.3 Å². The zero-order valence-corrected chi connectivity index (χ0v) is 10.5. The Balaban J connectivity index is 1.78. The molecule has 0 amide bonds. The number of nitrogens with zero attached hydrogens (tertiary/aromatic N) is 1. The van der Waals surface area contributed by atoms with Crippen molar-refractivity contribution >= 4 is 11.3 Å². The molecule has 3 rings (SSSR count). The smallest absolute Gasteiger partial charge is 0.0482 e. The fraction of sp³-hybridized carbons (Fsp3) is 0.357. The number of hydrogen-bond acceptors (Lipinski definition) is 3. The van der Waals surface area contributed by atoms with E-state index in [1.807, 2.05) is 12.3 Å². The lowest BCUT2D eigenvalue weighted by Gasteiger charge is -2.18. The summed E-state index contributed by atoms with van der Waals surface area (Å²) >= 11 is 1.74. The highest BCUT2D eigenvalue weighted by Gasteiger charge is 2.28. The van der Waals surface area contributed by atoms with Crippen molar-refractivity contribution in [3.63, 3.8) is 0 Å². The highest BCUT2D eigenvalue weighted by atomic mass is 32.1. The van der Waals surface area contributed by atoms with E-state index in [4.69, 9.17) is 5.73 Å². The van der Waals surface area contributed by atoms with Gasteiger partial charge in [0.05, 0.1) is 0 Å². The van der Waals surface area contributed by atoms with E-state index in [9.17, 15) is 0 Å². The number of pyridine rings is 1. The van der Waals surface area contributed by atoms with Crippen LogP contribution in [0.5, 0.6) is 0 Å².